The van der Waals surface area contributed by atoms with Crippen LogP contribution in [0.5, 0.6) is 17.2 Å². The van der Waals surface area contributed by atoms with Crippen molar-refractivity contribution in [2.75, 3.05) is 7.11 Å². The second kappa shape index (κ2) is 11.2. The van der Waals surface area contributed by atoms with Gasteiger partial charge in [-0.05, 0) is 42.3 Å². The molecule has 186 valence electrons. The van der Waals surface area contributed by atoms with E-state index in [-0.39, 0.29) is 17.5 Å². The molecule has 0 aliphatic rings. The average molecular weight is 498 g/mol. The highest BCUT2D eigenvalue weighted by atomic mass is 16.5. The summed E-state index contributed by atoms with van der Waals surface area (Å²) < 4.78 is 10.4. The highest BCUT2D eigenvalue weighted by Gasteiger charge is 2.30. The number of esters is 1. The molecule has 0 unspecified atom stereocenters. The van der Waals surface area contributed by atoms with Gasteiger partial charge in [0.2, 0.25) is 0 Å². The number of aromatic nitrogens is 1. The monoisotopic (exact) mass is 497 g/mol. The molecular weight excluding hydrogens is 474 g/mol. The number of aliphatic hydroxyl groups excluding tert-OH is 1. The minimum atomic E-state index is -1.68. The molecule has 4 aromatic rings. The molecule has 1 heterocycles. The molecule has 9 heteroatoms. The Morgan fingerprint density at radius 1 is 1.00 bits per heavy atom. The Morgan fingerprint density at radius 3 is 2.32 bits per heavy atom. The summed E-state index contributed by atoms with van der Waals surface area (Å²) in [6, 6.07) is 23.5. The van der Waals surface area contributed by atoms with Gasteiger partial charge in [0.05, 0.1) is 13.2 Å². The first-order valence-electron chi connectivity index (χ1n) is 11.3. The number of para-hydroxylation sites is 1. The van der Waals surface area contributed by atoms with E-state index in [2.05, 4.69) is 15.0 Å². The minimum Gasteiger partial charge on any atom is -0.505 e. The molecule has 2 atom stereocenters. The summed E-state index contributed by atoms with van der Waals surface area (Å²) in [7, 11) is 1.12. The Kier molecular flexibility index (Phi) is 7.62. The molecule has 0 aliphatic carbocycles. The molecule has 0 aliphatic heterocycles. The third-order valence-electron chi connectivity index (χ3n) is 5.69. The van der Waals surface area contributed by atoms with Crippen LogP contribution < -0.4 is 10.1 Å². The van der Waals surface area contributed by atoms with Crippen molar-refractivity contribution in [2.24, 2.45) is 0 Å². The van der Waals surface area contributed by atoms with Crippen LogP contribution in [0.25, 0.3) is 10.8 Å². The number of aliphatic hydroxyl groups is 1. The standard InChI is InChI=1S/C28H23N3O6/c1-36-28(35)26(33)22(14-17-8-4-2-5-9-17)31-27(34)24-25(32)20-13-12-19(15-21(20)23(16-29)30-24)37-18-10-6-3-7-11-18/h2-13,15,22,26,32-33H,14H2,1H3,(H,31,34)/t22-,26-/m1/s1. The molecule has 0 fully saturated rings. The van der Waals surface area contributed by atoms with E-state index in [9.17, 15) is 25.1 Å². The number of hydrogen-bond donors (Lipinski definition) is 3. The van der Waals surface area contributed by atoms with Crippen LogP contribution in [0.1, 0.15) is 21.7 Å². The lowest BCUT2D eigenvalue weighted by Crippen LogP contribution is -2.48. The number of carbonyl (C=O) groups is 2. The number of pyridine rings is 1. The second-order valence-electron chi connectivity index (χ2n) is 8.13. The topological polar surface area (TPSA) is 142 Å². The summed E-state index contributed by atoms with van der Waals surface area (Å²) in [5.74, 6) is -1.26. The number of hydrogen-bond acceptors (Lipinski definition) is 8. The van der Waals surface area contributed by atoms with Crippen LogP contribution in [0.2, 0.25) is 0 Å². The normalized spacial score (nSPS) is 12.2. The van der Waals surface area contributed by atoms with Crippen molar-refractivity contribution >= 4 is 22.6 Å². The van der Waals surface area contributed by atoms with E-state index in [1.54, 1.807) is 48.5 Å². The van der Waals surface area contributed by atoms with Crippen LogP contribution in [-0.2, 0) is 16.0 Å². The molecule has 0 bridgehead atoms. The van der Waals surface area contributed by atoms with Crippen molar-refractivity contribution < 1.29 is 29.3 Å². The van der Waals surface area contributed by atoms with E-state index >= 15 is 0 Å². The zero-order chi connectivity index (χ0) is 26.4. The van der Waals surface area contributed by atoms with Gasteiger partial charge < -0.3 is 25.0 Å². The number of aromatic hydroxyl groups is 1. The number of amides is 1. The highest BCUT2D eigenvalue weighted by molar-refractivity contribution is 6.03. The number of nitrogens with one attached hydrogen (secondary N) is 1. The second-order valence-corrected chi connectivity index (χ2v) is 8.13. The number of rotatable bonds is 8. The molecule has 4 rings (SSSR count). The van der Waals surface area contributed by atoms with Crippen molar-refractivity contribution in [1.29, 1.82) is 5.26 Å². The molecule has 3 N–H and O–H groups in total. The third kappa shape index (κ3) is 5.66. The molecule has 9 nitrogen and oxygen atoms in total. The first kappa shape index (κ1) is 25.2. The van der Waals surface area contributed by atoms with Crippen LogP contribution in [0.4, 0.5) is 0 Å². The minimum absolute atomic E-state index is 0.0997. The van der Waals surface area contributed by atoms with Crippen LogP contribution in [-0.4, -0.2) is 46.3 Å². The maximum Gasteiger partial charge on any atom is 0.336 e. The molecule has 0 spiro atoms. The largest absolute Gasteiger partial charge is 0.505 e. The number of fused-ring (bicyclic) bond motifs is 1. The van der Waals surface area contributed by atoms with Gasteiger partial charge in [-0.3, -0.25) is 4.79 Å². The first-order chi connectivity index (χ1) is 17.9. The van der Waals surface area contributed by atoms with Crippen LogP contribution in [0.3, 0.4) is 0 Å². The molecule has 3 aromatic carbocycles. The molecule has 37 heavy (non-hydrogen) atoms. The lowest BCUT2D eigenvalue weighted by molar-refractivity contribution is -0.151. The third-order valence-corrected chi connectivity index (χ3v) is 5.69. The van der Waals surface area contributed by atoms with Gasteiger partial charge in [0, 0.05) is 10.8 Å². The van der Waals surface area contributed by atoms with Crippen LogP contribution >= 0.6 is 0 Å². The number of ether oxygens (including phenoxy) is 2. The van der Waals surface area contributed by atoms with Crippen LogP contribution in [0, 0.1) is 11.3 Å². The van der Waals surface area contributed by atoms with Crippen molar-refractivity contribution in [3.63, 3.8) is 0 Å². The van der Waals surface area contributed by atoms with Gasteiger partial charge in [0.1, 0.15) is 23.3 Å². The van der Waals surface area contributed by atoms with Gasteiger partial charge in [0.25, 0.3) is 5.91 Å². The van der Waals surface area contributed by atoms with Crippen molar-refractivity contribution in [1.82, 2.24) is 10.3 Å². The predicted octanol–water partition coefficient (Wildman–Crippen LogP) is 3.48. The number of nitriles is 1. The molecular formula is C28H23N3O6. The van der Waals surface area contributed by atoms with Gasteiger partial charge in [-0.25, -0.2) is 9.78 Å². The predicted molar refractivity (Wildman–Crippen MR) is 134 cm³/mol. The lowest BCUT2D eigenvalue weighted by atomic mass is 10.0. The van der Waals surface area contributed by atoms with E-state index in [4.69, 9.17) is 4.74 Å². The fraction of sp³-hybridized carbons (Fsp3) is 0.143. The molecule has 1 aromatic heterocycles. The number of carbonyl (C=O) groups excluding carboxylic acids is 2. The lowest BCUT2D eigenvalue weighted by Gasteiger charge is -2.23. The van der Waals surface area contributed by atoms with Gasteiger partial charge in [-0.2, -0.15) is 5.26 Å². The maximum absolute atomic E-state index is 13.2. The Hall–Kier alpha value is -4.94. The van der Waals surface area contributed by atoms with Crippen molar-refractivity contribution in [2.45, 2.75) is 18.6 Å². The average Bonchev–Trinajstić information content (AvgIpc) is 2.93. The number of nitrogens with zero attached hydrogens (tertiary/aromatic N) is 2. The smallest absolute Gasteiger partial charge is 0.336 e. The van der Waals surface area contributed by atoms with Gasteiger partial charge in [0.15, 0.2) is 17.5 Å². The van der Waals surface area contributed by atoms with E-state index in [0.29, 0.717) is 16.9 Å². The van der Waals surface area contributed by atoms with Crippen molar-refractivity contribution in [3.8, 4) is 23.3 Å². The Labute approximate surface area is 212 Å². The van der Waals surface area contributed by atoms with Gasteiger partial charge in [-0.1, -0.05) is 48.5 Å². The quantitative estimate of drug-likeness (QED) is 0.314. The molecule has 0 radical (unpaired) electrons. The summed E-state index contributed by atoms with van der Waals surface area (Å²) in [5, 5.41) is 34.2. The fourth-order valence-corrected chi connectivity index (χ4v) is 3.84. The SMILES string of the molecule is COC(=O)[C@H](O)[C@@H](Cc1ccccc1)NC(=O)c1nc(C#N)c2cc(Oc3ccccc3)ccc2c1O. The van der Waals surface area contributed by atoms with E-state index in [0.717, 1.165) is 12.7 Å². The Morgan fingerprint density at radius 2 is 1.68 bits per heavy atom. The summed E-state index contributed by atoms with van der Waals surface area (Å²) in [5.41, 5.74) is 0.218. The molecule has 0 saturated carbocycles. The summed E-state index contributed by atoms with van der Waals surface area (Å²) >= 11 is 0. The summed E-state index contributed by atoms with van der Waals surface area (Å²) in [4.78, 5) is 29.3. The number of benzene rings is 3. The van der Waals surface area contributed by atoms with E-state index < -0.39 is 35.5 Å². The number of methoxy groups -OCH3 is 1. The zero-order valence-corrected chi connectivity index (χ0v) is 19.8. The Bertz CT molecular complexity index is 1470. The first-order valence-corrected chi connectivity index (χ1v) is 11.3. The van der Waals surface area contributed by atoms with Gasteiger partial charge in [-0.15, -0.1) is 0 Å². The summed E-state index contributed by atoms with van der Waals surface area (Å²) in [6.45, 7) is 0. The maximum atomic E-state index is 13.2. The summed E-state index contributed by atoms with van der Waals surface area (Å²) in [6.07, 6.45) is -1.58. The molecule has 0 saturated heterocycles. The van der Waals surface area contributed by atoms with Crippen molar-refractivity contribution in [3.05, 3.63) is 95.8 Å². The highest BCUT2D eigenvalue weighted by Crippen LogP contribution is 2.33. The van der Waals surface area contributed by atoms with Gasteiger partial charge >= 0.3 is 5.97 Å². The van der Waals surface area contributed by atoms with Crippen LogP contribution in [0.15, 0.2) is 78.9 Å². The van der Waals surface area contributed by atoms with E-state index in [1.807, 2.05) is 30.3 Å². The van der Waals surface area contributed by atoms with E-state index in [1.165, 1.54) is 6.07 Å². The zero-order valence-electron chi connectivity index (χ0n) is 19.8. The Balaban J connectivity index is 1.66. The molecule has 1 amide bonds. The fourth-order valence-electron chi connectivity index (χ4n) is 3.84.